The van der Waals surface area contributed by atoms with Gasteiger partial charge in [0.1, 0.15) is 5.82 Å². The average Bonchev–Trinajstić information content (AvgIpc) is 2.44. The lowest BCUT2D eigenvalue weighted by atomic mass is 9.73. The highest BCUT2D eigenvalue weighted by molar-refractivity contribution is 5.95. The minimum absolute atomic E-state index is 0.137. The molecule has 1 aliphatic carbocycles. The molecule has 0 unspecified atom stereocenters. The van der Waals surface area contributed by atoms with Crippen molar-refractivity contribution in [2.75, 3.05) is 11.9 Å². The van der Waals surface area contributed by atoms with Gasteiger partial charge in [-0.2, -0.15) is 0 Å². The van der Waals surface area contributed by atoms with Gasteiger partial charge in [0.15, 0.2) is 11.6 Å². The third kappa shape index (κ3) is 2.80. The van der Waals surface area contributed by atoms with E-state index in [1.807, 2.05) is 0 Å². The van der Waals surface area contributed by atoms with Gasteiger partial charge in [0, 0.05) is 18.7 Å². The highest BCUT2D eigenvalue weighted by Gasteiger charge is 2.38. The Labute approximate surface area is 115 Å². The molecule has 20 heavy (non-hydrogen) atoms. The van der Waals surface area contributed by atoms with Gasteiger partial charge in [-0.15, -0.1) is 0 Å². The van der Waals surface area contributed by atoms with Crippen molar-refractivity contribution >= 4 is 11.6 Å². The van der Waals surface area contributed by atoms with Crippen LogP contribution in [0, 0.1) is 22.9 Å². The van der Waals surface area contributed by atoms with E-state index in [-0.39, 0.29) is 6.54 Å². The molecule has 6 heteroatoms. The van der Waals surface area contributed by atoms with Crippen LogP contribution in [0.2, 0.25) is 0 Å². The number of nitrogens with two attached hydrogens (primary N) is 1. The van der Waals surface area contributed by atoms with Crippen molar-refractivity contribution in [2.45, 2.75) is 32.1 Å². The van der Waals surface area contributed by atoms with E-state index in [0.29, 0.717) is 18.9 Å². The predicted molar refractivity (Wildman–Crippen MR) is 69.5 cm³/mol. The Morgan fingerprint density at radius 2 is 1.85 bits per heavy atom. The van der Waals surface area contributed by atoms with Crippen LogP contribution in [0.15, 0.2) is 12.1 Å². The van der Waals surface area contributed by atoms with E-state index in [2.05, 4.69) is 5.32 Å². The summed E-state index contributed by atoms with van der Waals surface area (Å²) in [6.07, 6.45) is 3.97. The van der Waals surface area contributed by atoms with Gasteiger partial charge in [-0.1, -0.05) is 19.3 Å². The fourth-order valence-electron chi connectivity index (χ4n) is 2.65. The number of anilines is 1. The van der Waals surface area contributed by atoms with Crippen molar-refractivity contribution < 1.29 is 18.0 Å². The second-order valence-corrected chi connectivity index (χ2v) is 5.25. The minimum atomic E-state index is -1.33. The summed E-state index contributed by atoms with van der Waals surface area (Å²) in [4.78, 5) is 12.3. The molecule has 3 nitrogen and oxygen atoms in total. The first-order valence-corrected chi connectivity index (χ1v) is 6.64. The zero-order valence-corrected chi connectivity index (χ0v) is 11.0. The smallest absolute Gasteiger partial charge is 0.231 e. The summed E-state index contributed by atoms with van der Waals surface area (Å²) in [5.41, 5.74) is 4.44. The maximum absolute atomic E-state index is 13.6. The summed E-state index contributed by atoms with van der Waals surface area (Å²) in [5, 5.41) is 2.28. The Morgan fingerprint density at radius 3 is 2.45 bits per heavy atom. The van der Waals surface area contributed by atoms with E-state index in [0.717, 1.165) is 25.3 Å². The Kier molecular flexibility index (Phi) is 4.32. The summed E-state index contributed by atoms with van der Waals surface area (Å²) < 4.78 is 39.8. The topological polar surface area (TPSA) is 55.1 Å². The van der Waals surface area contributed by atoms with Crippen LogP contribution in [0.3, 0.4) is 0 Å². The standard InChI is InChI=1S/C14H17F3N2O/c15-9-6-10(16)12(17)11(7-9)19-13(20)14(8-18)4-2-1-3-5-14/h6-7H,1-5,8,18H2,(H,19,20). The van der Waals surface area contributed by atoms with Gasteiger partial charge in [0.25, 0.3) is 0 Å². The highest BCUT2D eigenvalue weighted by Crippen LogP contribution is 2.36. The van der Waals surface area contributed by atoms with Crippen LogP contribution < -0.4 is 11.1 Å². The number of hydrogen-bond acceptors (Lipinski definition) is 2. The zero-order valence-electron chi connectivity index (χ0n) is 11.0. The summed E-state index contributed by atoms with van der Waals surface area (Å²) >= 11 is 0. The molecule has 0 spiro atoms. The quantitative estimate of drug-likeness (QED) is 0.839. The third-order valence-electron chi connectivity index (χ3n) is 3.92. The number of rotatable bonds is 3. The molecule has 1 saturated carbocycles. The average molecular weight is 286 g/mol. The van der Waals surface area contributed by atoms with Gasteiger partial charge in [-0.3, -0.25) is 4.79 Å². The molecule has 0 saturated heterocycles. The van der Waals surface area contributed by atoms with E-state index >= 15 is 0 Å². The number of carbonyl (C=O) groups is 1. The second-order valence-electron chi connectivity index (χ2n) is 5.25. The molecule has 1 fully saturated rings. The van der Waals surface area contributed by atoms with E-state index in [4.69, 9.17) is 5.73 Å². The molecule has 0 aliphatic heterocycles. The van der Waals surface area contributed by atoms with Crippen LogP contribution in [-0.4, -0.2) is 12.5 Å². The number of benzene rings is 1. The molecule has 0 bridgehead atoms. The number of nitrogens with one attached hydrogen (secondary N) is 1. The van der Waals surface area contributed by atoms with Crippen molar-refractivity contribution in [3.63, 3.8) is 0 Å². The lowest BCUT2D eigenvalue weighted by Crippen LogP contribution is -2.44. The summed E-state index contributed by atoms with van der Waals surface area (Å²) in [7, 11) is 0. The number of hydrogen-bond donors (Lipinski definition) is 2. The van der Waals surface area contributed by atoms with Gasteiger partial charge >= 0.3 is 0 Å². The summed E-state index contributed by atoms with van der Waals surface area (Å²) in [5.74, 6) is -4.00. The number of halogens is 3. The third-order valence-corrected chi connectivity index (χ3v) is 3.92. The molecule has 0 heterocycles. The molecule has 1 aliphatic rings. The van der Waals surface area contributed by atoms with Crippen LogP contribution >= 0.6 is 0 Å². The van der Waals surface area contributed by atoms with Crippen molar-refractivity contribution in [2.24, 2.45) is 11.1 Å². The first-order chi connectivity index (χ1) is 9.48. The van der Waals surface area contributed by atoms with Crippen molar-refractivity contribution in [1.82, 2.24) is 0 Å². The number of carbonyl (C=O) groups excluding carboxylic acids is 1. The Balaban J connectivity index is 2.22. The van der Waals surface area contributed by atoms with Gasteiger partial charge in [0.05, 0.1) is 11.1 Å². The normalized spacial score (nSPS) is 17.8. The van der Waals surface area contributed by atoms with Crippen LogP contribution in [0.1, 0.15) is 32.1 Å². The molecule has 3 N–H and O–H groups in total. The zero-order chi connectivity index (χ0) is 14.8. The van der Waals surface area contributed by atoms with Gasteiger partial charge in [0.2, 0.25) is 5.91 Å². The van der Waals surface area contributed by atoms with Crippen LogP contribution in [-0.2, 0) is 4.79 Å². The summed E-state index contributed by atoms with van der Waals surface area (Å²) in [6.45, 7) is 0.137. The molecule has 1 aromatic carbocycles. The monoisotopic (exact) mass is 286 g/mol. The van der Waals surface area contributed by atoms with Crippen molar-refractivity contribution in [3.05, 3.63) is 29.6 Å². The van der Waals surface area contributed by atoms with E-state index in [1.165, 1.54) is 0 Å². The van der Waals surface area contributed by atoms with E-state index in [9.17, 15) is 18.0 Å². The fourth-order valence-corrected chi connectivity index (χ4v) is 2.65. The Morgan fingerprint density at radius 1 is 1.20 bits per heavy atom. The molecule has 2 rings (SSSR count). The molecule has 110 valence electrons. The molecule has 0 atom stereocenters. The van der Waals surface area contributed by atoms with Crippen LogP contribution in [0.25, 0.3) is 0 Å². The molecule has 1 amide bonds. The molecular weight excluding hydrogens is 269 g/mol. The Bertz CT molecular complexity index is 513. The maximum Gasteiger partial charge on any atom is 0.231 e. The van der Waals surface area contributed by atoms with Gasteiger partial charge in [-0.25, -0.2) is 13.2 Å². The van der Waals surface area contributed by atoms with Crippen LogP contribution in [0.5, 0.6) is 0 Å². The molecule has 1 aromatic rings. The van der Waals surface area contributed by atoms with Crippen LogP contribution in [0.4, 0.5) is 18.9 Å². The highest BCUT2D eigenvalue weighted by atomic mass is 19.2. The molecule has 0 aromatic heterocycles. The minimum Gasteiger partial charge on any atom is -0.329 e. The van der Waals surface area contributed by atoms with E-state index < -0.39 is 34.5 Å². The second kappa shape index (κ2) is 5.83. The first kappa shape index (κ1) is 14.8. The van der Waals surface area contributed by atoms with Crippen molar-refractivity contribution in [1.29, 1.82) is 0 Å². The summed E-state index contributed by atoms with van der Waals surface area (Å²) in [6, 6.07) is 1.20. The number of amides is 1. The first-order valence-electron chi connectivity index (χ1n) is 6.64. The largest absolute Gasteiger partial charge is 0.329 e. The van der Waals surface area contributed by atoms with Gasteiger partial charge in [-0.05, 0) is 12.8 Å². The SMILES string of the molecule is NCC1(C(=O)Nc2cc(F)cc(F)c2F)CCCCC1. The molecular formula is C14H17F3N2O. The Hall–Kier alpha value is -1.56. The van der Waals surface area contributed by atoms with Gasteiger partial charge < -0.3 is 11.1 Å². The maximum atomic E-state index is 13.6. The predicted octanol–water partition coefficient (Wildman–Crippen LogP) is 2.95. The fraction of sp³-hybridized carbons (Fsp3) is 0.500. The van der Waals surface area contributed by atoms with Crippen molar-refractivity contribution in [3.8, 4) is 0 Å². The molecule has 0 radical (unpaired) electrons. The van der Waals surface area contributed by atoms with E-state index in [1.54, 1.807) is 0 Å². The lowest BCUT2D eigenvalue weighted by molar-refractivity contribution is -0.126. The lowest BCUT2D eigenvalue weighted by Gasteiger charge is -2.34.